The first-order valence-electron chi connectivity index (χ1n) is 43.5. The van der Waals surface area contributed by atoms with Crippen molar-refractivity contribution < 1.29 is 75.8 Å². The topological polar surface area (TPSA) is 231 Å². The second-order valence-electron chi connectivity index (χ2n) is 29.3. The van der Waals surface area contributed by atoms with Crippen LogP contribution in [0.25, 0.3) is 0 Å². The highest BCUT2D eigenvalue weighted by atomic mass is 31.2. The van der Waals surface area contributed by atoms with Crippen LogP contribution in [0.1, 0.15) is 393 Å². The van der Waals surface area contributed by atoms with Gasteiger partial charge in [0.2, 0.25) is 0 Å². The van der Waals surface area contributed by atoms with Gasteiger partial charge in [-0.25, -0.2) is 9.13 Å². The van der Waals surface area contributed by atoms with Crippen LogP contribution in [0.5, 0.6) is 0 Å². The first-order valence-corrected chi connectivity index (χ1v) is 46.5. The molecule has 0 aromatic carbocycles. The zero-order chi connectivity index (χ0) is 78.0. The van der Waals surface area contributed by atoms with E-state index in [9.17, 15) is 43.5 Å². The van der Waals surface area contributed by atoms with E-state index < -0.39 is 91.5 Å². The normalized spacial score (nSPS) is 14.3. The number of phosphoric ester groups is 2. The summed E-state index contributed by atoms with van der Waals surface area (Å²) in [4.78, 5) is 58.7. The van der Waals surface area contributed by atoms with Crippen molar-refractivity contribution in [3.8, 4) is 0 Å². The largest absolute Gasteiger partial charge is 0.472 e. The molecule has 0 aliphatic carbocycles. The zero-order valence-electron chi connectivity index (χ0n) is 68.3. The highest BCUT2D eigenvalue weighted by molar-refractivity contribution is 7.47. The van der Waals surface area contributed by atoms with E-state index in [4.69, 9.17) is 32.3 Å². The number of allylic oxidation sites excluding steroid dienone is 16. The number of hydrogen-bond acceptors (Lipinski definition) is 14. The molecule has 0 saturated carbocycles. The molecule has 0 rings (SSSR count). The van der Waals surface area contributed by atoms with Gasteiger partial charge in [0.25, 0.3) is 0 Å². The maximum Gasteiger partial charge on any atom is 0.472 e. The molecule has 0 aliphatic rings. The molecule has 0 fully saturated rings. The number of rotatable bonds is 83. The van der Waals surface area contributed by atoms with E-state index in [-0.39, 0.29) is 19.3 Å². The monoisotopic (exact) mass is 1550 g/mol. The van der Waals surface area contributed by atoms with Crippen LogP contribution in [-0.2, 0) is 55.8 Å². The Balaban J connectivity index is 4.40. The van der Waals surface area contributed by atoms with Crippen LogP contribution in [0.15, 0.2) is 97.2 Å². The van der Waals surface area contributed by atoms with Gasteiger partial charge in [-0.2, -0.15) is 0 Å². The molecule has 0 aliphatic heterocycles. The third kappa shape index (κ3) is 83.2. The van der Waals surface area contributed by atoms with E-state index in [1.807, 2.05) is 0 Å². The lowest BCUT2D eigenvalue weighted by atomic mass is 10.0. The Hall–Kier alpha value is -3.53. The average Bonchev–Trinajstić information content (AvgIpc) is 0.908. The summed E-state index contributed by atoms with van der Waals surface area (Å²) in [5, 5.41) is 20.7. The number of esters is 3. The second-order valence-corrected chi connectivity index (χ2v) is 32.3. The SMILES string of the molecule is CCCCC/C=C\C/C=C\C/C=C\C/C=C\CCCCCCCCCCCCCCCCCCCC(=O)OCC(O)COP(=O)(O)OCC(O)COP(=O)(O)OCC(COC(=O)CCCCCCCCCCC/C=C\C/C=C\C/C=C\C/C=C\CCCCC)OC(=O)CCCCCCCCCCCCCCC. The molecule has 4 N–H and O–H groups in total. The molecule has 5 unspecified atom stereocenters. The second kappa shape index (κ2) is 81.9. The summed E-state index contributed by atoms with van der Waals surface area (Å²) in [7, 11) is -9.78. The number of unbranched alkanes of at least 4 members (excludes halogenated alkanes) is 44. The van der Waals surface area contributed by atoms with Crippen molar-refractivity contribution in [3.05, 3.63) is 97.2 Å². The van der Waals surface area contributed by atoms with Crippen molar-refractivity contribution in [1.29, 1.82) is 0 Å². The Morgan fingerprint density at radius 3 is 0.757 bits per heavy atom. The van der Waals surface area contributed by atoms with Crippen LogP contribution in [0.2, 0.25) is 0 Å². The third-order valence-electron chi connectivity index (χ3n) is 18.8. The lowest BCUT2D eigenvalue weighted by Gasteiger charge is -2.21. The molecule has 18 heteroatoms. The van der Waals surface area contributed by atoms with Gasteiger partial charge in [-0.05, 0) is 109 Å². The lowest BCUT2D eigenvalue weighted by molar-refractivity contribution is -0.161. The summed E-state index contributed by atoms with van der Waals surface area (Å²) in [6, 6.07) is 0. The fraction of sp³-hybridized carbons (Fsp3) is 0.787. The Labute approximate surface area is 654 Å². The number of aliphatic hydroxyl groups is 2. The van der Waals surface area contributed by atoms with Gasteiger partial charge in [-0.1, -0.05) is 362 Å². The molecule has 0 aromatic rings. The molecule has 0 spiro atoms. The highest BCUT2D eigenvalue weighted by Crippen LogP contribution is 2.45. The number of carbonyl (C=O) groups is 3. The van der Waals surface area contributed by atoms with E-state index >= 15 is 0 Å². The summed E-state index contributed by atoms with van der Waals surface area (Å²) in [5.74, 6) is -1.56. The Morgan fingerprint density at radius 1 is 0.262 bits per heavy atom. The number of ether oxygens (including phenoxy) is 3. The van der Waals surface area contributed by atoms with Gasteiger partial charge in [0.15, 0.2) is 6.10 Å². The first-order chi connectivity index (χ1) is 52.2. The minimum Gasteiger partial charge on any atom is -0.463 e. The van der Waals surface area contributed by atoms with Gasteiger partial charge < -0.3 is 34.2 Å². The molecule has 0 heterocycles. The molecule has 0 radical (unpaired) electrons. The third-order valence-corrected chi connectivity index (χ3v) is 20.7. The fourth-order valence-electron chi connectivity index (χ4n) is 12.1. The van der Waals surface area contributed by atoms with Crippen molar-refractivity contribution in [3.63, 3.8) is 0 Å². The highest BCUT2D eigenvalue weighted by Gasteiger charge is 2.29. The number of carbonyl (C=O) groups excluding carboxylic acids is 3. The van der Waals surface area contributed by atoms with Crippen molar-refractivity contribution >= 4 is 33.6 Å². The standard InChI is InChI=1S/C89H160O16P2/c1-4-7-10-13-16-19-22-25-27-29-31-33-35-37-38-39-40-41-42-43-44-46-48-49-51-53-55-58-60-63-66-69-72-75-87(92)99-78-84(90)79-101-106(95,96)102-80-85(91)81-103-107(97,98)104-83-86(105-89(94)77-74-71-68-65-62-57-24-21-18-15-12-9-6-3)82-100-88(93)76-73-70-67-64-61-59-56-54-52-50-47-45-36-34-32-30-28-26-23-20-17-14-11-8-5-2/h16-17,19-20,25-28,31-34,37-38,45,47,84-86,90-91H,4-15,18,21-24,29-30,35-36,39-44,46,48-83H2,1-3H3,(H,95,96)(H,97,98)/b19-16-,20-17-,27-25-,28-26-,33-31-,34-32-,38-37-,47-45-. The molecular weight excluding hydrogens is 1390 g/mol. The van der Waals surface area contributed by atoms with E-state index in [2.05, 4.69) is 118 Å². The van der Waals surface area contributed by atoms with Crippen LogP contribution in [0, 0.1) is 0 Å². The van der Waals surface area contributed by atoms with Crippen LogP contribution < -0.4 is 0 Å². The number of hydrogen-bond donors (Lipinski definition) is 4. The van der Waals surface area contributed by atoms with E-state index in [1.54, 1.807) is 0 Å². The summed E-state index contributed by atoms with van der Waals surface area (Å²) in [6.45, 7) is 2.68. The first kappa shape index (κ1) is 103. The van der Waals surface area contributed by atoms with Gasteiger partial charge >= 0.3 is 33.6 Å². The van der Waals surface area contributed by atoms with Crippen LogP contribution in [0.4, 0.5) is 0 Å². The maximum atomic E-state index is 13.0. The fourth-order valence-corrected chi connectivity index (χ4v) is 13.7. The molecule has 0 saturated heterocycles. The van der Waals surface area contributed by atoms with Gasteiger partial charge in [0.1, 0.15) is 25.4 Å². The quantitative estimate of drug-likeness (QED) is 0.0146. The molecule has 0 amide bonds. The van der Waals surface area contributed by atoms with Gasteiger partial charge in [0, 0.05) is 19.3 Å². The zero-order valence-corrected chi connectivity index (χ0v) is 70.1. The van der Waals surface area contributed by atoms with Crippen LogP contribution >= 0.6 is 15.6 Å². The Bertz CT molecular complexity index is 2330. The molecule has 0 bridgehead atoms. The predicted molar refractivity (Wildman–Crippen MR) is 445 cm³/mol. The molecule has 107 heavy (non-hydrogen) atoms. The van der Waals surface area contributed by atoms with Gasteiger partial charge in [-0.3, -0.25) is 32.5 Å². The van der Waals surface area contributed by atoms with E-state index in [0.717, 1.165) is 116 Å². The number of aliphatic hydroxyl groups excluding tert-OH is 2. The van der Waals surface area contributed by atoms with Gasteiger partial charge in [0.05, 0.1) is 26.4 Å². The minimum absolute atomic E-state index is 0.107. The van der Waals surface area contributed by atoms with E-state index in [0.29, 0.717) is 19.3 Å². The molecule has 0 aromatic heterocycles. The molecule has 5 atom stereocenters. The van der Waals surface area contributed by atoms with Crippen LogP contribution in [-0.4, -0.2) is 95.9 Å². The van der Waals surface area contributed by atoms with E-state index in [1.165, 1.54) is 218 Å². The molecule has 16 nitrogen and oxygen atoms in total. The van der Waals surface area contributed by atoms with Crippen molar-refractivity contribution in [1.82, 2.24) is 0 Å². The van der Waals surface area contributed by atoms with Gasteiger partial charge in [-0.15, -0.1) is 0 Å². The smallest absolute Gasteiger partial charge is 0.463 e. The minimum atomic E-state index is -4.93. The lowest BCUT2D eigenvalue weighted by Crippen LogP contribution is -2.30. The summed E-state index contributed by atoms with van der Waals surface area (Å²) < 4.78 is 61.3. The summed E-state index contributed by atoms with van der Waals surface area (Å²) >= 11 is 0. The predicted octanol–water partition coefficient (Wildman–Crippen LogP) is 26.1. The number of phosphoric acid groups is 2. The summed E-state index contributed by atoms with van der Waals surface area (Å²) in [6.07, 6.45) is 96.1. The molecule has 622 valence electrons. The Kier molecular flexibility index (Phi) is 79.2. The Morgan fingerprint density at radius 2 is 0.467 bits per heavy atom. The van der Waals surface area contributed by atoms with Crippen LogP contribution in [0.3, 0.4) is 0 Å². The maximum absolute atomic E-state index is 13.0. The van der Waals surface area contributed by atoms with Crippen molar-refractivity contribution in [2.75, 3.05) is 39.6 Å². The average molecular weight is 1550 g/mol. The summed E-state index contributed by atoms with van der Waals surface area (Å²) in [5.41, 5.74) is 0. The molecular formula is C89H160O16P2. The van der Waals surface area contributed by atoms with Crippen molar-refractivity contribution in [2.45, 2.75) is 411 Å². The van der Waals surface area contributed by atoms with Crippen molar-refractivity contribution in [2.24, 2.45) is 0 Å².